The summed E-state index contributed by atoms with van der Waals surface area (Å²) in [5.41, 5.74) is 0.990. The molecule has 0 aliphatic rings. The van der Waals surface area contributed by atoms with E-state index in [-0.39, 0.29) is 11.1 Å². The molecule has 144 valence electrons. The van der Waals surface area contributed by atoms with Crippen molar-refractivity contribution >= 4 is 38.1 Å². The molecule has 1 N–H and O–H groups in total. The fourth-order valence-corrected chi connectivity index (χ4v) is 3.44. The lowest BCUT2D eigenvalue weighted by molar-refractivity contribution is -0.385. The van der Waals surface area contributed by atoms with E-state index in [9.17, 15) is 14.9 Å². The second-order valence-corrected chi connectivity index (χ2v) is 7.03. The Bertz CT molecular complexity index is 1230. The summed E-state index contributed by atoms with van der Waals surface area (Å²) in [6.45, 7) is 0.471. The van der Waals surface area contributed by atoms with Crippen LogP contribution in [0.1, 0.15) is 5.56 Å². The molecule has 0 atom stereocenters. The van der Waals surface area contributed by atoms with Gasteiger partial charge in [-0.1, -0.05) is 41.7 Å². The summed E-state index contributed by atoms with van der Waals surface area (Å²) in [4.78, 5) is 30.8. The van der Waals surface area contributed by atoms with Crippen LogP contribution in [-0.4, -0.2) is 14.9 Å². The Morgan fingerprint density at radius 1 is 1.10 bits per heavy atom. The molecule has 2 heterocycles. The molecule has 0 bridgehead atoms. The number of pyridine rings is 1. The Labute approximate surface area is 168 Å². The average Bonchev–Trinajstić information content (AvgIpc) is 2.74. The average molecular weight is 406 g/mol. The maximum absolute atomic E-state index is 12.2. The molecular formula is C20H14N4O4S. The van der Waals surface area contributed by atoms with Crippen molar-refractivity contribution < 1.29 is 9.66 Å². The molecule has 0 saturated heterocycles. The number of benzene rings is 2. The number of anilines is 2. The van der Waals surface area contributed by atoms with Crippen LogP contribution in [0.4, 0.5) is 16.5 Å². The number of hydrogen-bond donors (Lipinski definition) is 1. The molecule has 0 aliphatic carbocycles. The van der Waals surface area contributed by atoms with Crippen LogP contribution in [0.25, 0.3) is 10.2 Å². The van der Waals surface area contributed by atoms with Gasteiger partial charge in [-0.3, -0.25) is 14.9 Å². The van der Waals surface area contributed by atoms with E-state index in [1.807, 2.05) is 54.6 Å². The molecule has 0 radical (unpaired) electrons. The SMILES string of the molecule is O=c1nc(Nc2ccc(OCc3ccccc3)cc2)sc2ncc([N+](=O)[O-])cc12. The van der Waals surface area contributed by atoms with Crippen molar-refractivity contribution in [3.05, 3.63) is 92.9 Å². The van der Waals surface area contributed by atoms with Gasteiger partial charge in [0.25, 0.3) is 11.2 Å². The van der Waals surface area contributed by atoms with Gasteiger partial charge in [-0.05, 0) is 29.8 Å². The lowest BCUT2D eigenvalue weighted by atomic mass is 10.2. The Morgan fingerprint density at radius 3 is 2.59 bits per heavy atom. The highest BCUT2D eigenvalue weighted by Gasteiger charge is 2.12. The van der Waals surface area contributed by atoms with Crippen molar-refractivity contribution in [3.63, 3.8) is 0 Å². The van der Waals surface area contributed by atoms with E-state index < -0.39 is 10.5 Å². The van der Waals surface area contributed by atoms with E-state index in [0.29, 0.717) is 22.3 Å². The first-order valence-electron chi connectivity index (χ1n) is 8.57. The van der Waals surface area contributed by atoms with Crippen molar-refractivity contribution in [2.75, 3.05) is 5.32 Å². The summed E-state index contributed by atoms with van der Waals surface area (Å²) in [5.74, 6) is 0.716. The number of rotatable bonds is 6. The summed E-state index contributed by atoms with van der Waals surface area (Å²) in [6, 6.07) is 18.3. The standard InChI is InChI=1S/C20H14N4O4S/c25-18-17-10-15(24(26)27)11-21-19(17)29-20(23-18)22-14-6-8-16(9-7-14)28-12-13-4-2-1-3-5-13/h1-11H,12H2,(H,22,23,25). The molecule has 0 unspecified atom stereocenters. The van der Waals surface area contributed by atoms with Crippen LogP contribution in [0.3, 0.4) is 0 Å². The van der Waals surface area contributed by atoms with Crippen molar-refractivity contribution in [1.29, 1.82) is 0 Å². The molecule has 4 aromatic rings. The zero-order valence-corrected chi connectivity index (χ0v) is 15.8. The molecule has 9 heteroatoms. The third-order valence-corrected chi connectivity index (χ3v) is 4.93. The fourth-order valence-electron chi connectivity index (χ4n) is 2.59. The normalized spacial score (nSPS) is 10.6. The summed E-state index contributed by atoms with van der Waals surface area (Å²) >= 11 is 1.14. The third kappa shape index (κ3) is 4.36. The summed E-state index contributed by atoms with van der Waals surface area (Å²) < 4.78 is 5.75. The van der Waals surface area contributed by atoms with E-state index in [0.717, 1.165) is 28.8 Å². The molecule has 2 aromatic heterocycles. The van der Waals surface area contributed by atoms with Gasteiger partial charge in [-0.2, -0.15) is 4.98 Å². The number of fused-ring (bicyclic) bond motifs is 1. The second-order valence-electron chi connectivity index (χ2n) is 6.05. The van der Waals surface area contributed by atoms with Gasteiger partial charge in [-0.25, -0.2) is 4.98 Å². The first-order chi connectivity index (χ1) is 14.1. The first-order valence-corrected chi connectivity index (χ1v) is 9.39. The van der Waals surface area contributed by atoms with Gasteiger partial charge in [0.15, 0.2) is 5.13 Å². The van der Waals surface area contributed by atoms with Crippen LogP contribution in [0.15, 0.2) is 71.7 Å². The second kappa shape index (κ2) is 8.03. The van der Waals surface area contributed by atoms with E-state index >= 15 is 0 Å². The van der Waals surface area contributed by atoms with Gasteiger partial charge in [0, 0.05) is 11.8 Å². The van der Waals surface area contributed by atoms with Crippen molar-refractivity contribution in [1.82, 2.24) is 9.97 Å². The summed E-state index contributed by atoms with van der Waals surface area (Å²) in [6.07, 6.45) is 1.13. The number of ether oxygens (including phenoxy) is 1. The van der Waals surface area contributed by atoms with Crippen LogP contribution < -0.4 is 15.6 Å². The molecule has 0 spiro atoms. The highest BCUT2D eigenvalue weighted by molar-refractivity contribution is 7.21. The van der Waals surface area contributed by atoms with Crippen molar-refractivity contribution in [2.45, 2.75) is 6.61 Å². The third-order valence-electron chi connectivity index (χ3n) is 4.03. The Morgan fingerprint density at radius 2 is 1.86 bits per heavy atom. The van der Waals surface area contributed by atoms with Gasteiger partial charge in [0.2, 0.25) is 0 Å². The topological polar surface area (TPSA) is 107 Å². The zero-order valence-electron chi connectivity index (χ0n) is 14.9. The molecule has 0 aliphatic heterocycles. The van der Waals surface area contributed by atoms with E-state index in [1.54, 1.807) is 0 Å². The number of aromatic nitrogens is 2. The zero-order chi connectivity index (χ0) is 20.2. The van der Waals surface area contributed by atoms with Crippen molar-refractivity contribution in [3.8, 4) is 5.75 Å². The quantitative estimate of drug-likeness (QED) is 0.376. The monoisotopic (exact) mass is 406 g/mol. The lowest BCUT2D eigenvalue weighted by Crippen LogP contribution is -2.08. The first kappa shape index (κ1) is 18.5. The van der Waals surface area contributed by atoms with E-state index in [1.165, 1.54) is 6.07 Å². The van der Waals surface area contributed by atoms with Crippen LogP contribution in [-0.2, 0) is 6.61 Å². The number of hydrogen-bond acceptors (Lipinski definition) is 8. The van der Waals surface area contributed by atoms with Crippen LogP contribution >= 0.6 is 11.3 Å². The van der Waals surface area contributed by atoms with Gasteiger partial charge < -0.3 is 10.1 Å². The number of nitrogens with one attached hydrogen (secondary N) is 1. The van der Waals surface area contributed by atoms with Crippen molar-refractivity contribution in [2.24, 2.45) is 0 Å². The Balaban J connectivity index is 1.48. The minimum absolute atomic E-state index is 0.124. The van der Waals surface area contributed by atoms with Crippen LogP contribution in [0, 0.1) is 10.1 Å². The molecule has 0 saturated carbocycles. The minimum atomic E-state index is -0.593. The molecule has 2 aromatic carbocycles. The van der Waals surface area contributed by atoms with Crippen LogP contribution in [0.2, 0.25) is 0 Å². The molecular weight excluding hydrogens is 392 g/mol. The molecule has 4 rings (SSSR count). The van der Waals surface area contributed by atoms with E-state index in [4.69, 9.17) is 4.74 Å². The maximum Gasteiger partial charge on any atom is 0.288 e. The van der Waals surface area contributed by atoms with Gasteiger partial charge >= 0.3 is 0 Å². The van der Waals surface area contributed by atoms with Gasteiger partial charge in [0.1, 0.15) is 23.4 Å². The number of nitrogens with zero attached hydrogens (tertiary/aromatic N) is 3. The molecule has 8 nitrogen and oxygen atoms in total. The molecule has 0 fully saturated rings. The highest BCUT2D eigenvalue weighted by Crippen LogP contribution is 2.25. The van der Waals surface area contributed by atoms with Gasteiger partial charge in [-0.15, -0.1) is 0 Å². The molecule has 0 amide bonds. The van der Waals surface area contributed by atoms with Crippen LogP contribution in [0.5, 0.6) is 5.75 Å². The largest absolute Gasteiger partial charge is 0.489 e. The summed E-state index contributed by atoms with van der Waals surface area (Å²) in [7, 11) is 0. The number of nitro groups is 1. The smallest absolute Gasteiger partial charge is 0.288 e. The Hall–Kier alpha value is -3.85. The summed E-state index contributed by atoms with van der Waals surface area (Å²) in [5, 5.41) is 14.4. The minimum Gasteiger partial charge on any atom is -0.489 e. The van der Waals surface area contributed by atoms with Gasteiger partial charge in [0.05, 0.1) is 10.3 Å². The molecule has 29 heavy (non-hydrogen) atoms. The predicted octanol–water partition coefficient (Wildman–Crippen LogP) is 4.28. The fraction of sp³-hybridized carbons (Fsp3) is 0.0500. The highest BCUT2D eigenvalue weighted by atomic mass is 32.1. The lowest BCUT2D eigenvalue weighted by Gasteiger charge is -2.08. The predicted molar refractivity (Wildman–Crippen MR) is 111 cm³/mol. The Kier molecular flexibility index (Phi) is 5.12. The van der Waals surface area contributed by atoms with E-state index in [2.05, 4.69) is 15.3 Å². The maximum atomic E-state index is 12.2.